The van der Waals surface area contributed by atoms with Crippen LogP contribution in [0.1, 0.15) is 31.9 Å². The van der Waals surface area contributed by atoms with Crippen LogP contribution in [-0.4, -0.2) is 7.05 Å². The summed E-state index contributed by atoms with van der Waals surface area (Å²) in [6.45, 7) is 4.31. The maximum atomic E-state index is 13.4. The molecule has 84 valence electrons. The summed E-state index contributed by atoms with van der Waals surface area (Å²) in [5, 5.41) is 3.24. The summed E-state index contributed by atoms with van der Waals surface area (Å²) in [5.74, 6) is 0.282. The molecule has 1 rings (SSSR count). The van der Waals surface area contributed by atoms with Crippen molar-refractivity contribution in [2.45, 2.75) is 26.3 Å². The van der Waals surface area contributed by atoms with Crippen LogP contribution in [0, 0.1) is 11.7 Å². The van der Waals surface area contributed by atoms with Crippen molar-refractivity contribution in [1.82, 2.24) is 5.32 Å². The van der Waals surface area contributed by atoms with Crippen LogP contribution < -0.4 is 5.32 Å². The van der Waals surface area contributed by atoms with Crippen LogP contribution in [0.15, 0.2) is 22.7 Å². The molecular formula is C12H17BrFN. The number of benzene rings is 1. The van der Waals surface area contributed by atoms with E-state index in [9.17, 15) is 4.39 Å². The van der Waals surface area contributed by atoms with Gasteiger partial charge in [-0.2, -0.15) is 0 Å². The number of hydrogen-bond acceptors (Lipinski definition) is 1. The number of nitrogens with one attached hydrogen (secondary N) is 1. The number of halogens is 2. The average Bonchev–Trinajstić information content (AvgIpc) is 2.24. The summed E-state index contributed by atoms with van der Waals surface area (Å²) in [6.07, 6.45) is 1.06. The van der Waals surface area contributed by atoms with Crippen LogP contribution in [0.5, 0.6) is 0 Å². The highest BCUT2D eigenvalue weighted by Crippen LogP contribution is 2.31. The van der Waals surface area contributed by atoms with Gasteiger partial charge in [0.15, 0.2) is 0 Å². The van der Waals surface area contributed by atoms with Gasteiger partial charge in [0, 0.05) is 6.04 Å². The quantitative estimate of drug-likeness (QED) is 0.878. The van der Waals surface area contributed by atoms with Crippen LogP contribution in [0.4, 0.5) is 4.39 Å². The molecule has 0 aliphatic carbocycles. The van der Waals surface area contributed by atoms with E-state index in [0.29, 0.717) is 10.4 Å². The van der Waals surface area contributed by atoms with Gasteiger partial charge >= 0.3 is 0 Å². The molecule has 0 heterocycles. The molecule has 0 aromatic heterocycles. The van der Waals surface area contributed by atoms with Gasteiger partial charge in [-0.1, -0.05) is 32.4 Å². The van der Waals surface area contributed by atoms with Crippen molar-refractivity contribution in [2.75, 3.05) is 7.05 Å². The highest BCUT2D eigenvalue weighted by atomic mass is 79.9. The molecule has 1 aromatic carbocycles. The lowest BCUT2D eigenvalue weighted by Crippen LogP contribution is -2.23. The zero-order valence-corrected chi connectivity index (χ0v) is 10.9. The Morgan fingerprint density at radius 3 is 2.67 bits per heavy atom. The number of rotatable bonds is 4. The van der Waals surface area contributed by atoms with Crippen LogP contribution in [-0.2, 0) is 0 Å². The van der Waals surface area contributed by atoms with E-state index in [1.165, 1.54) is 6.07 Å². The summed E-state index contributed by atoms with van der Waals surface area (Å²) in [7, 11) is 1.91. The molecule has 0 bridgehead atoms. The Balaban J connectivity index is 3.07. The molecular weight excluding hydrogens is 257 g/mol. The first-order valence-corrected chi connectivity index (χ1v) is 6.02. The molecule has 0 aliphatic heterocycles. The molecule has 3 heteroatoms. The molecule has 0 saturated carbocycles. The third kappa shape index (κ3) is 2.79. The fraction of sp³-hybridized carbons (Fsp3) is 0.500. The van der Waals surface area contributed by atoms with Crippen molar-refractivity contribution in [3.8, 4) is 0 Å². The Bertz CT molecular complexity index is 327. The van der Waals surface area contributed by atoms with Crippen molar-refractivity contribution in [3.05, 3.63) is 34.1 Å². The second-order valence-corrected chi connectivity index (χ2v) is 4.59. The Kier molecular flexibility index (Phi) is 4.74. The maximum Gasteiger partial charge on any atom is 0.137 e. The van der Waals surface area contributed by atoms with E-state index in [1.807, 2.05) is 13.1 Å². The summed E-state index contributed by atoms with van der Waals surface area (Å²) in [6, 6.07) is 5.37. The van der Waals surface area contributed by atoms with Crippen molar-refractivity contribution in [3.63, 3.8) is 0 Å². The molecule has 0 saturated heterocycles. The van der Waals surface area contributed by atoms with Gasteiger partial charge in [-0.3, -0.25) is 0 Å². The van der Waals surface area contributed by atoms with E-state index in [0.717, 1.165) is 12.0 Å². The molecule has 0 aliphatic rings. The largest absolute Gasteiger partial charge is 0.313 e. The molecule has 1 aromatic rings. The molecule has 1 N–H and O–H groups in total. The molecule has 0 fully saturated rings. The van der Waals surface area contributed by atoms with Crippen molar-refractivity contribution in [1.29, 1.82) is 0 Å². The molecule has 2 atom stereocenters. The summed E-state index contributed by atoms with van der Waals surface area (Å²) in [4.78, 5) is 0. The summed E-state index contributed by atoms with van der Waals surface area (Å²) >= 11 is 3.30. The van der Waals surface area contributed by atoms with Gasteiger partial charge in [-0.15, -0.1) is 0 Å². The van der Waals surface area contributed by atoms with E-state index < -0.39 is 0 Å². The molecule has 1 nitrogen and oxygen atoms in total. The number of hydrogen-bond donors (Lipinski definition) is 1. The first-order chi connectivity index (χ1) is 7.11. The SMILES string of the molecule is CCC(C)C(NC)c1cccc(F)c1Br. The van der Waals surface area contributed by atoms with Gasteiger partial charge in [0.05, 0.1) is 4.47 Å². The predicted octanol–water partition coefficient (Wildman–Crippen LogP) is 3.89. The Labute approximate surface area is 99.2 Å². The van der Waals surface area contributed by atoms with Crippen LogP contribution >= 0.6 is 15.9 Å². The standard InChI is InChI=1S/C12H17BrFN/c1-4-8(2)12(15-3)9-6-5-7-10(14)11(9)13/h5-8,12,15H,4H2,1-3H3. The van der Waals surface area contributed by atoms with Crippen molar-refractivity contribution >= 4 is 15.9 Å². The van der Waals surface area contributed by atoms with E-state index in [-0.39, 0.29) is 11.9 Å². The molecule has 0 spiro atoms. The smallest absolute Gasteiger partial charge is 0.137 e. The van der Waals surface area contributed by atoms with Crippen molar-refractivity contribution < 1.29 is 4.39 Å². The topological polar surface area (TPSA) is 12.0 Å². The minimum Gasteiger partial charge on any atom is -0.313 e. The Hall–Kier alpha value is -0.410. The normalized spacial score (nSPS) is 15.0. The highest BCUT2D eigenvalue weighted by molar-refractivity contribution is 9.10. The van der Waals surface area contributed by atoms with Gasteiger partial charge in [0.2, 0.25) is 0 Å². The van der Waals surface area contributed by atoms with E-state index in [2.05, 4.69) is 35.1 Å². The first kappa shape index (κ1) is 12.7. The lowest BCUT2D eigenvalue weighted by Gasteiger charge is -2.24. The van der Waals surface area contributed by atoms with Gasteiger partial charge in [-0.05, 0) is 40.5 Å². The third-order valence-corrected chi connectivity index (χ3v) is 3.68. The predicted molar refractivity (Wildman–Crippen MR) is 65.4 cm³/mol. The second-order valence-electron chi connectivity index (χ2n) is 3.79. The maximum absolute atomic E-state index is 13.4. The summed E-state index contributed by atoms with van der Waals surface area (Å²) in [5.41, 5.74) is 0.992. The molecule has 2 unspecified atom stereocenters. The van der Waals surface area contributed by atoms with Crippen LogP contribution in [0.2, 0.25) is 0 Å². The van der Waals surface area contributed by atoms with E-state index in [1.54, 1.807) is 6.07 Å². The monoisotopic (exact) mass is 273 g/mol. The lowest BCUT2D eigenvalue weighted by molar-refractivity contribution is 0.397. The van der Waals surface area contributed by atoms with Crippen LogP contribution in [0.25, 0.3) is 0 Å². The van der Waals surface area contributed by atoms with Gasteiger partial charge < -0.3 is 5.32 Å². The fourth-order valence-electron chi connectivity index (χ4n) is 1.74. The fourth-order valence-corrected chi connectivity index (χ4v) is 2.25. The Morgan fingerprint density at radius 1 is 1.47 bits per heavy atom. The minimum atomic E-state index is -0.198. The average molecular weight is 274 g/mol. The molecule has 15 heavy (non-hydrogen) atoms. The van der Waals surface area contributed by atoms with Crippen molar-refractivity contribution in [2.24, 2.45) is 5.92 Å². The molecule has 0 radical (unpaired) electrons. The second kappa shape index (κ2) is 5.61. The zero-order chi connectivity index (χ0) is 11.4. The van der Waals surface area contributed by atoms with Crippen LogP contribution in [0.3, 0.4) is 0 Å². The van der Waals surface area contributed by atoms with E-state index in [4.69, 9.17) is 0 Å². The van der Waals surface area contributed by atoms with E-state index >= 15 is 0 Å². The van der Waals surface area contributed by atoms with Gasteiger partial charge in [0.1, 0.15) is 5.82 Å². The zero-order valence-electron chi connectivity index (χ0n) is 9.35. The minimum absolute atomic E-state index is 0.195. The van der Waals surface area contributed by atoms with Gasteiger partial charge in [0.25, 0.3) is 0 Å². The summed E-state index contributed by atoms with van der Waals surface area (Å²) < 4.78 is 13.9. The molecule has 0 amide bonds. The Morgan fingerprint density at radius 2 is 2.13 bits per heavy atom. The third-order valence-electron chi connectivity index (χ3n) is 2.84. The first-order valence-electron chi connectivity index (χ1n) is 5.23. The lowest BCUT2D eigenvalue weighted by atomic mass is 9.92. The highest BCUT2D eigenvalue weighted by Gasteiger charge is 2.19. The van der Waals surface area contributed by atoms with Gasteiger partial charge in [-0.25, -0.2) is 4.39 Å².